The highest BCUT2D eigenvalue weighted by molar-refractivity contribution is 5.73. The van der Waals surface area contributed by atoms with Gasteiger partial charge < -0.3 is 10.5 Å². The molecule has 0 unspecified atom stereocenters. The van der Waals surface area contributed by atoms with Gasteiger partial charge in [-0.15, -0.1) is 0 Å². The van der Waals surface area contributed by atoms with E-state index in [0.717, 1.165) is 6.07 Å². The van der Waals surface area contributed by atoms with E-state index in [1.165, 1.54) is 24.8 Å². The van der Waals surface area contributed by atoms with E-state index in [9.17, 15) is 8.78 Å². The normalized spacial score (nSPS) is 21.1. The predicted octanol–water partition coefficient (Wildman–Crippen LogP) is 2.37. The van der Waals surface area contributed by atoms with Crippen LogP contribution in [0.5, 0.6) is 0 Å². The molecule has 0 saturated carbocycles. The maximum Gasteiger partial charge on any atom is 0.282 e. The van der Waals surface area contributed by atoms with E-state index >= 15 is 0 Å². The monoisotopic (exact) mass is 304 g/mol. The summed E-state index contributed by atoms with van der Waals surface area (Å²) in [6, 6.07) is 2.29. The van der Waals surface area contributed by atoms with Crippen LogP contribution in [0.3, 0.4) is 0 Å². The predicted molar refractivity (Wildman–Crippen MR) is 76.9 cm³/mol. The minimum atomic E-state index is -0.898. The van der Waals surface area contributed by atoms with Gasteiger partial charge in [0.2, 0.25) is 0 Å². The highest BCUT2D eigenvalue weighted by Gasteiger charge is 2.33. The van der Waals surface area contributed by atoms with Gasteiger partial charge in [0, 0.05) is 41.6 Å². The van der Waals surface area contributed by atoms with Gasteiger partial charge in [-0.3, -0.25) is 0 Å². The van der Waals surface area contributed by atoms with Gasteiger partial charge in [-0.05, 0) is 13.0 Å². The molecule has 0 fully saturated rings. The summed E-state index contributed by atoms with van der Waals surface area (Å²) in [6.07, 6.45) is 4.73. The molecule has 1 aliphatic rings. The number of ether oxygens (including phenoxy) is 1. The summed E-state index contributed by atoms with van der Waals surface area (Å²) in [4.78, 5) is 11.9. The van der Waals surface area contributed by atoms with Crippen molar-refractivity contribution in [3.8, 4) is 11.1 Å². The number of aliphatic imine (C=N–C) groups is 1. The Morgan fingerprint density at radius 1 is 1.18 bits per heavy atom. The van der Waals surface area contributed by atoms with Crippen molar-refractivity contribution < 1.29 is 13.5 Å². The van der Waals surface area contributed by atoms with Gasteiger partial charge in [0.25, 0.3) is 6.02 Å². The van der Waals surface area contributed by atoms with Crippen LogP contribution in [0.25, 0.3) is 11.1 Å². The van der Waals surface area contributed by atoms with Crippen LogP contribution in [0.4, 0.5) is 8.78 Å². The van der Waals surface area contributed by atoms with Crippen molar-refractivity contribution in [1.29, 1.82) is 0 Å². The second kappa shape index (κ2) is 5.32. The van der Waals surface area contributed by atoms with Crippen LogP contribution in [-0.2, 0) is 10.3 Å². The average Bonchev–Trinajstić information content (AvgIpc) is 2.47. The van der Waals surface area contributed by atoms with E-state index in [1.807, 2.05) is 0 Å². The molecule has 0 amide bonds. The third-order valence-corrected chi connectivity index (χ3v) is 3.70. The van der Waals surface area contributed by atoms with Crippen LogP contribution in [0.1, 0.15) is 18.9 Å². The number of nitrogens with zero attached hydrogens (tertiary/aromatic N) is 3. The maximum atomic E-state index is 14.3. The van der Waals surface area contributed by atoms with E-state index in [1.54, 1.807) is 6.92 Å². The molecular weight excluding hydrogens is 290 g/mol. The van der Waals surface area contributed by atoms with E-state index in [-0.39, 0.29) is 17.1 Å². The highest BCUT2D eigenvalue weighted by Crippen LogP contribution is 2.36. The lowest BCUT2D eigenvalue weighted by Crippen LogP contribution is -2.34. The van der Waals surface area contributed by atoms with Crippen LogP contribution in [-0.4, -0.2) is 22.6 Å². The first kappa shape index (κ1) is 14.4. The number of benzene rings is 1. The second-order valence-electron chi connectivity index (χ2n) is 5.26. The quantitative estimate of drug-likeness (QED) is 0.924. The Kier molecular flexibility index (Phi) is 3.48. The Morgan fingerprint density at radius 3 is 2.59 bits per heavy atom. The lowest BCUT2D eigenvalue weighted by atomic mass is 9.86. The second-order valence-corrected chi connectivity index (χ2v) is 5.26. The summed E-state index contributed by atoms with van der Waals surface area (Å²) in [5.74, 6) is -1.34. The van der Waals surface area contributed by atoms with Crippen molar-refractivity contribution in [3.63, 3.8) is 0 Å². The zero-order valence-corrected chi connectivity index (χ0v) is 11.9. The summed E-state index contributed by atoms with van der Waals surface area (Å²) in [5, 5.41) is 0. The molecule has 0 bridgehead atoms. The van der Waals surface area contributed by atoms with Crippen molar-refractivity contribution in [3.05, 3.63) is 48.1 Å². The molecule has 0 aliphatic carbocycles. The minimum Gasteiger partial charge on any atom is -0.465 e. The fourth-order valence-corrected chi connectivity index (χ4v) is 2.50. The van der Waals surface area contributed by atoms with E-state index in [2.05, 4.69) is 15.0 Å². The van der Waals surface area contributed by atoms with Gasteiger partial charge in [-0.1, -0.05) is 0 Å². The first-order chi connectivity index (χ1) is 10.5. The fourth-order valence-electron chi connectivity index (χ4n) is 2.50. The standard InChI is InChI=1S/C15H14F2N4O/c1-15(2-3-22-14(18)21-15)11-4-10(12(16)5-13(11)17)9-6-19-8-20-7-9/h4-8H,2-3H2,1H3,(H2,18,21)/t15-/m0/s1. The lowest BCUT2D eigenvalue weighted by Gasteiger charge is -2.30. The number of aromatic nitrogens is 2. The highest BCUT2D eigenvalue weighted by atomic mass is 19.1. The molecule has 3 rings (SSSR count). The molecule has 0 saturated heterocycles. The average molecular weight is 304 g/mol. The SMILES string of the molecule is C[C@@]1(c2cc(-c3cncnc3)c(F)cc2F)CCOC(N)=N1. The molecule has 1 aliphatic heterocycles. The summed E-state index contributed by atoms with van der Waals surface area (Å²) in [5.41, 5.74) is 5.64. The number of rotatable bonds is 2. The Labute approximate surface area is 125 Å². The molecule has 7 heteroatoms. The molecular formula is C15H14F2N4O. The molecule has 2 heterocycles. The summed E-state index contributed by atoms with van der Waals surface area (Å²) >= 11 is 0. The molecule has 114 valence electrons. The van der Waals surface area contributed by atoms with E-state index in [4.69, 9.17) is 10.5 Å². The van der Waals surface area contributed by atoms with Gasteiger partial charge in [-0.2, -0.15) is 0 Å². The topological polar surface area (TPSA) is 73.4 Å². The molecule has 1 aromatic carbocycles. The van der Waals surface area contributed by atoms with Gasteiger partial charge in [0.1, 0.15) is 18.0 Å². The largest absolute Gasteiger partial charge is 0.465 e. The maximum absolute atomic E-state index is 14.3. The van der Waals surface area contributed by atoms with Gasteiger partial charge in [0.15, 0.2) is 0 Å². The summed E-state index contributed by atoms with van der Waals surface area (Å²) < 4.78 is 33.5. The van der Waals surface area contributed by atoms with Crippen molar-refractivity contribution in [2.24, 2.45) is 10.7 Å². The molecule has 0 radical (unpaired) electrons. The van der Waals surface area contributed by atoms with Crippen LogP contribution in [0.2, 0.25) is 0 Å². The Balaban J connectivity index is 2.15. The van der Waals surface area contributed by atoms with Crippen molar-refractivity contribution in [2.75, 3.05) is 6.61 Å². The van der Waals surface area contributed by atoms with Gasteiger partial charge >= 0.3 is 0 Å². The first-order valence-electron chi connectivity index (χ1n) is 6.73. The van der Waals surface area contributed by atoms with Crippen molar-refractivity contribution >= 4 is 6.02 Å². The van der Waals surface area contributed by atoms with Crippen molar-refractivity contribution in [1.82, 2.24) is 9.97 Å². The minimum absolute atomic E-state index is 0.00192. The van der Waals surface area contributed by atoms with Crippen molar-refractivity contribution in [2.45, 2.75) is 18.9 Å². The molecule has 2 N–H and O–H groups in total. The van der Waals surface area contributed by atoms with Gasteiger partial charge in [0.05, 0.1) is 12.1 Å². The van der Waals surface area contributed by atoms with Crippen LogP contribution in [0.15, 0.2) is 35.8 Å². The fraction of sp³-hybridized carbons (Fsp3) is 0.267. The molecule has 2 aromatic rings. The van der Waals surface area contributed by atoms with Crippen LogP contribution >= 0.6 is 0 Å². The summed E-state index contributed by atoms with van der Waals surface area (Å²) in [7, 11) is 0. The zero-order chi connectivity index (χ0) is 15.7. The number of amidine groups is 1. The number of nitrogens with two attached hydrogens (primary N) is 1. The summed E-state index contributed by atoms with van der Waals surface area (Å²) in [6.45, 7) is 2.07. The van der Waals surface area contributed by atoms with Crippen LogP contribution < -0.4 is 5.73 Å². The number of halogens is 2. The smallest absolute Gasteiger partial charge is 0.282 e. The zero-order valence-electron chi connectivity index (χ0n) is 11.9. The van der Waals surface area contributed by atoms with E-state index in [0.29, 0.717) is 18.6 Å². The Hall–Kier alpha value is -2.57. The number of hydrogen-bond acceptors (Lipinski definition) is 5. The molecule has 22 heavy (non-hydrogen) atoms. The molecule has 1 aromatic heterocycles. The molecule has 0 spiro atoms. The Morgan fingerprint density at radius 2 is 1.91 bits per heavy atom. The van der Waals surface area contributed by atoms with Gasteiger partial charge in [-0.25, -0.2) is 23.7 Å². The molecule has 5 nitrogen and oxygen atoms in total. The van der Waals surface area contributed by atoms with Crippen LogP contribution in [0, 0.1) is 11.6 Å². The third-order valence-electron chi connectivity index (χ3n) is 3.70. The Bertz CT molecular complexity index is 736. The first-order valence-corrected chi connectivity index (χ1v) is 6.73. The lowest BCUT2D eigenvalue weighted by molar-refractivity contribution is 0.215. The molecule has 1 atom stereocenters. The van der Waals surface area contributed by atoms with E-state index < -0.39 is 17.2 Å². The third kappa shape index (κ3) is 2.49. The number of hydrogen-bond donors (Lipinski definition) is 1.